The highest BCUT2D eigenvalue weighted by atomic mass is 31.2. The molecule has 0 bridgehead atoms. The van der Waals surface area contributed by atoms with Crippen LogP contribution in [0.4, 0.5) is 4.39 Å². The second-order valence-electron chi connectivity index (χ2n) is 7.74. The molecule has 0 saturated heterocycles. The van der Waals surface area contributed by atoms with Crippen LogP contribution >= 0.6 is 7.29 Å². The van der Waals surface area contributed by atoms with Gasteiger partial charge in [-0.15, -0.1) is 0 Å². The van der Waals surface area contributed by atoms with Crippen molar-refractivity contribution in [3.63, 3.8) is 0 Å². The van der Waals surface area contributed by atoms with Crippen LogP contribution in [0, 0.1) is 5.82 Å². The number of hydrogen-bond donors (Lipinski definition) is 0. The number of benzene rings is 4. The topological polar surface area (TPSA) is 47.2 Å². The Morgan fingerprint density at radius 2 is 1.45 bits per heavy atom. The molecule has 162 valence electrons. The quantitative estimate of drug-likeness (QED) is 0.246. The van der Waals surface area contributed by atoms with Crippen molar-refractivity contribution in [2.75, 3.05) is 0 Å². The molecule has 0 spiro atoms. The Bertz CT molecular complexity index is 1450. The summed E-state index contributed by atoms with van der Waals surface area (Å²) < 4.78 is 34.1. The van der Waals surface area contributed by atoms with Gasteiger partial charge in [-0.2, -0.15) is 5.10 Å². The predicted octanol–water partition coefficient (Wildman–Crippen LogP) is 5.90. The lowest BCUT2D eigenvalue weighted by molar-refractivity contribution is 0.588. The lowest BCUT2D eigenvalue weighted by Crippen LogP contribution is -2.15. The van der Waals surface area contributed by atoms with E-state index in [9.17, 15) is 8.96 Å². The van der Waals surface area contributed by atoms with Gasteiger partial charge >= 0.3 is 0 Å². The van der Waals surface area contributed by atoms with Gasteiger partial charge in [0.1, 0.15) is 5.82 Å². The number of rotatable bonds is 5. The average Bonchev–Trinajstić information content (AvgIpc) is 3.29. The Morgan fingerprint density at radius 3 is 2.06 bits per heavy atom. The van der Waals surface area contributed by atoms with Crippen LogP contribution in [-0.2, 0) is 4.57 Å². The van der Waals surface area contributed by atoms with Crippen LogP contribution in [0.5, 0.6) is 0 Å². The van der Waals surface area contributed by atoms with E-state index in [-0.39, 0.29) is 5.82 Å². The zero-order valence-electron chi connectivity index (χ0n) is 18.0. The Hall–Kier alpha value is -3.82. The van der Waals surface area contributed by atoms with Crippen molar-refractivity contribution in [1.29, 1.82) is 0 Å². The highest BCUT2D eigenvalue weighted by molar-refractivity contribution is 7.77. The molecule has 4 aromatic carbocycles. The maximum atomic E-state index is 14.2. The molecule has 1 aromatic heterocycles. The molecule has 0 N–H and O–H groups in total. The Kier molecular flexibility index (Phi) is 5.49. The van der Waals surface area contributed by atoms with Gasteiger partial charge in [-0.1, -0.05) is 42.5 Å². The van der Waals surface area contributed by atoms with Gasteiger partial charge in [0.05, 0.1) is 17.4 Å². The minimum absolute atomic E-state index is 0.286. The maximum Gasteiger partial charge on any atom is 0.247 e. The van der Waals surface area contributed by atoms with Crippen LogP contribution in [0.2, 0.25) is 0 Å². The van der Waals surface area contributed by atoms with Crippen molar-refractivity contribution in [2.45, 2.75) is 6.92 Å². The molecule has 5 rings (SSSR count). The second-order valence-corrected chi connectivity index (χ2v) is 10.1. The summed E-state index contributed by atoms with van der Waals surface area (Å²) in [7, 11) is -3.22. The van der Waals surface area contributed by atoms with Crippen molar-refractivity contribution in [3.8, 4) is 5.69 Å². The molecule has 0 radical (unpaired) electrons. The molecule has 1 heterocycles. The van der Waals surface area contributed by atoms with Crippen LogP contribution in [0.25, 0.3) is 16.6 Å². The summed E-state index contributed by atoms with van der Waals surface area (Å²) in [5.41, 5.74) is 3.23. The highest BCUT2D eigenvalue weighted by Gasteiger charge is 2.26. The fraction of sp³-hybridized carbons (Fsp3) is 0.0370. The van der Waals surface area contributed by atoms with Crippen molar-refractivity contribution in [3.05, 3.63) is 121 Å². The van der Waals surface area contributed by atoms with Crippen molar-refractivity contribution in [2.24, 2.45) is 4.76 Å². The summed E-state index contributed by atoms with van der Waals surface area (Å²) in [6, 6.07) is 30.9. The van der Waals surface area contributed by atoms with Crippen LogP contribution in [0.1, 0.15) is 12.5 Å². The SMILES string of the molecule is C/C(=N/P(=O)(c1ccccc1)c1ccccc1)c1ccc2c(cnn2-c2ccc(F)cc2)c1. The summed E-state index contributed by atoms with van der Waals surface area (Å²) in [5, 5.41) is 6.77. The number of aromatic nitrogens is 2. The van der Waals surface area contributed by atoms with Crippen LogP contribution in [0.3, 0.4) is 0 Å². The molecule has 0 unspecified atom stereocenters. The van der Waals surface area contributed by atoms with Crippen LogP contribution in [-0.4, -0.2) is 15.5 Å². The first-order valence-corrected chi connectivity index (χ1v) is 12.2. The number of nitrogens with zero attached hydrogens (tertiary/aromatic N) is 3. The van der Waals surface area contributed by atoms with Gasteiger partial charge in [0.2, 0.25) is 7.29 Å². The molecule has 0 aliphatic heterocycles. The van der Waals surface area contributed by atoms with E-state index in [1.54, 1.807) is 23.0 Å². The molecule has 33 heavy (non-hydrogen) atoms. The first kappa shape index (κ1) is 21.0. The molecule has 0 saturated carbocycles. The number of fused-ring (bicyclic) bond motifs is 1. The van der Waals surface area contributed by atoms with E-state index in [0.29, 0.717) is 16.3 Å². The predicted molar refractivity (Wildman–Crippen MR) is 133 cm³/mol. The van der Waals surface area contributed by atoms with E-state index in [0.717, 1.165) is 22.2 Å². The van der Waals surface area contributed by atoms with Crippen molar-refractivity contribution in [1.82, 2.24) is 9.78 Å². The second kappa shape index (κ2) is 8.61. The minimum Gasteiger partial charge on any atom is -0.288 e. The Morgan fingerprint density at radius 1 is 0.848 bits per heavy atom. The van der Waals surface area contributed by atoms with Gasteiger partial charge in [-0.3, -0.25) is 4.57 Å². The third kappa shape index (κ3) is 4.04. The smallest absolute Gasteiger partial charge is 0.247 e. The highest BCUT2D eigenvalue weighted by Crippen LogP contribution is 2.45. The zero-order valence-corrected chi connectivity index (χ0v) is 18.9. The molecule has 6 heteroatoms. The molecule has 5 aromatic rings. The van der Waals surface area contributed by atoms with Gasteiger partial charge < -0.3 is 0 Å². The number of hydrogen-bond acceptors (Lipinski definition) is 2. The first-order chi connectivity index (χ1) is 16.0. The van der Waals surface area contributed by atoms with Crippen molar-refractivity contribution < 1.29 is 8.96 Å². The first-order valence-electron chi connectivity index (χ1n) is 10.6. The summed E-state index contributed by atoms with van der Waals surface area (Å²) >= 11 is 0. The minimum atomic E-state index is -3.22. The van der Waals surface area contributed by atoms with E-state index in [1.165, 1.54) is 12.1 Å². The molecule has 0 amide bonds. The van der Waals surface area contributed by atoms with Gasteiger partial charge in [0.25, 0.3) is 0 Å². The third-order valence-corrected chi connectivity index (χ3v) is 8.14. The fourth-order valence-electron chi connectivity index (χ4n) is 3.84. The average molecular weight is 453 g/mol. The van der Waals surface area contributed by atoms with E-state index >= 15 is 0 Å². The van der Waals surface area contributed by atoms with Gasteiger partial charge in [-0.25, -0.2) is 13.8 Å². The zero-order chi connectivity index (χ0) is 22.8. The Balaban J connectivity index is 1.58. The van der Waals surface area contributed by atoms with Crippen LogP contribution in [0.15, 0.2) is 114 Å². The molecular weight excluding hydrogens is 432 g/mol. The lowest BCUT2D eigenvalue weighted by atomic mass is 10.1. The van der Waals surface area contributed by atoms with Gasteiger partial charge in [-0.05, 0) is 73.2 Å². The monoisotopic (exact) mass is 453 g/mol. The van der Waals surface area contributed by atoms with Gasteiger partial charge in [0.15, 0.2) is 0 Å². The van der Waals surface area contributed by atoms with E-state index < -0.39 is 7.29 Å². The maximum absolute atomic E-state index is 14.2. The normalized spacial score (nSPS) is 12.2. The molecule has 0 aliphatic rings. The summed E-state index contributed by atoms with van der Waals surface area (Å²) in [4.78, 5) is 0. The summed E-state index contributed by atoms with van der Waals surface area (Å²) in [6.07, 6.45) is 1.77. The summed E-state index contributed by atoms with van der Waals surface area (Å²) in [6.45, 7) is 1.88. The number of halogens is 1. The van der Waals surface area contributed by atoms with E-state index in [2.05, 4.69) is 5.10 Å². The molecule has 0 fully saturated rings. The molecule has 0 aliphatic carbocycles. The lowest BCUT2D eigenvalue weighted by Gasteiger charge is -2.16. The van der Waals surface area contributed by atoms with Crippen LogP contribution < -0.4 is 10.6 Å². The molecule has 4 nitrogen and oxygen atoms in total. The third-order valence-electron chi connectivity index (χ3n) is 5.56. The van der Waals surface area contributed by atoms with E-state index in [4.69, 9.17) is 4.76 Å². The van der Waals surface area contributed by atoms with Crippen molar-refractivity contribution >= 4 is 34.5 Å². The largest absolute Gasteiger partial charge is 0.288 e. The standard InChI is InChI=1S/C27H21FN3OP/c1-20(30-33(32,25-8-4-2-5-9-25)26-10-6-3-7-11-26)21-12-17-27-22(18-21)19-29-31(27)24-15-13-23(28)14-16-24/h2-19H,1H3/b30-20-. The summed E-state index contributed by atoms with van der Waals surface area (Å²) in [5.74, 6) is -0.286. The fourth-order valence-corrected chi connectivity index (χ4v) is 6.06. The molecule has 0 atom stereocenters. The molecular formula is C27H21FN3OP. The van der Waals surface area contributed by atoms with Gasteiger partial charge in [0, 0.05) is 21.7 Å². The Labute approximate surface area is 191 Å². The van der Waals surface area contributed by atoms with E-state index in [1.807, 2.05) is 85.8 Å².